The zero-order valence-corrected chi connectivity index (χ0v) is 6.58. The number of ether oxygens (including phenoxy) is 1. The minimum atomic E-state index is -0.587. The van der Waals surface area contributed by atoms with Crippen LogP contribution in [-0.2, 0) is 16.0 Å². The minimum Gasteiger partial charge on any atom is -0.469 e. The van der Waals surface area contributed by atoms with E-state index in [0.29, 0.717) is 5.56 Å². The van der Waals surface area contributed by atoms with E-state index in [0.717, 1.165) is 0 Å². The number of methoxy groups -OCH3 is 1. The number of aromatic nitrogens is 1. The van der Waals surface area contributed by atoms with Crippen LogP contribution in [0.1, 0.15) is 5.56 Å². The van der Waals surface area contributed by atoms with E-state index in [2.05, 4.69) is 9.72 Å². The fourth-order valence-electron chi connectivity index (χ4n) is 0.791. The van der Waals surface area contributed by atoms with Crippen molar-refractivity contribution in [2.24, 2.45) is 0 Å². The highest BCUT2D eigenvalue weighted by molar-refractivity contribution is 5.72. The average molecular weight is 169 g/mol. The number of nitrogens with zero attached hydrogens (tertiary/aromatic N) is 1. The summed E-state index contributed by atoms with van der Waals surface area (Å²) in [6, 6.07) is 2.77. The van der Waals surface area contributed by atoms with E-state index in [1.165, 1.54) is 19.4 Å². The molecule has 1 heterocycles. The Morgan fingerprint density at radius 2 is 2.50 bits per heavy atom. The Balaban J connectivity index is 2.69. The van der Waals surface area contributed by atoms with Gasteiger partial charge >= 0.3 is 5.97 Å². The minimum absolute atomic E-state index is 0.0793. The van der Waals surface area contributed by atoms with E-state index in [1.807, 2.05) is 0 Å². The quantitative estimate of drug-likeness (QED) is 0.488. The first-order valence-corrected chi connectivity index (χ1v) is 3.39. The van der Waals surface area contributed by atoms with Crippen molar-refractivity contribution in [3.05, 3.63) is 29.8 Å². The molecule has 0 saturated carbocycles. The number of carbonyl (C=O) groups is 1. The van der Waals surface area contributed by atoms with Crippen LogP contribution in [0.15, 0.2) is 18.3 Å². The average Bonchev–Trinajstić information content (AvgIpc) is 2.04. The van der Waals surface area contributed by atoms with Crippen molar-refractivity contribution in [3.63, 3.8) is 0 Å². The van der Waals surface area contributed by atoms with Crippen LogP contribution in [-0.4, -0.2) is 18.1 Å². The first kappa shape index (κ1) is 8.64. The molecule has 4 heteroatoms. The molecule has 0 bridgehead atoms. The fourth-order valence-corrected chi connectivity index (χ4v) is 0.791. The highest BCUT2D eigenvalue weighted by atomic mass is 19.1. The second kappa shape index (κ2) is 3.80. The number of rotatable bonds is 2. The zero-order valence-electron chi connectivity index (χ0n) is 6.58. The Morgan fingerprint density at radius 3 is 3.08 bits per heavy atom. The van der Waals surface area contributed by atoms with E-state index in [4.69, 9.17) is 0 Å². The van der Waals surface area contributed by atoms with Crippen molar-refractivity contribution >= 4 is 5.97 Å². The zero-order chi connectivity index (χ0) is 8.97. The number of halogens is 1. The lowest BCUT2D eigenvalue weighted by Crippen LogP contribution is -2.04. The summed E-state index contributed by atoms with van der Waals surface area (Å²) in [6.45, 7) is 0. The van der Waals surface area contributed by atoms with Gasteiger partial charge in [-0.3, -0.25) is 4.79 Å². The van der Waals surface area contributed by atoms with Gasteiger partial charge in [-0.15, -0.1) is 0 Å². The van der Waals surface area contributed by atoms with Gasteiger partial charge in [0.05, 0.1) is 13.5 Å². The summed E-state index contributed by atoms with van der Waals surface area (Å²) in [7, 11) is 1.29. The van der Waals surface area contributed by atoms with Gasteiger partial charge in [0.25, 0.3) is 0 Å². The standard InChI is InChI=1S/C8H8FNO2/c1-12-8(11)5-6-2-3-10-7(9)4-6/h2-4H,5H2,1H3. The second-order valence-electron chi connectivity index (χ2n) is 2.24. The molecule has 12 heavy (non-hydrogen) atoms. The Bertz CT molecular complexity index is 288. The largest absolute Gasteiger partial charge is 0.469 e. The number of carbonyl (C=O) groups excluding carboxylic acids is 1. The maximum Gasteiger partial charge on any atom is 0.309 e. The molecule has 0 spiro atoms. The molecular formula is C8H8FNO2. The third-order valence-electron chi connectivity index (χ3n) is 1.37. The second-order valence-corrected chi connectivity index (χ2v) is 2.24. The molecule has 0 N–H and O–H groups in total. The molecule has 1 rings (SSSR count). The van der Waals surface area contributed by atoms with Gasteiger partial charge in [-0.25, -0.2) is 4.98 Å². The van der Waals surface area contributed by atoms with Gasteiger partial charge in [0.15, 0.2) is 0 Å². The van der Waals surface area contributed by atoms with Gasteiger partial charge in [-0.05, 0) is 17.7 Å². The van der Waals surface area contributed by atoms with Crippen LogP contribution in [0.3, 0.4) is 0 Å². The maximum absolute atomic E-state index is 12.5. The molecule has 0 aliphatic carbocycles. The van der Waals surface area contributed by atoms with Gasteiger partial charge < -0.3 is 4.74 Å². The maximum atomic E-state index is 12.5. The summed E-state index contributed by atoms with van der Waals surface area (Å²) in [5, 5.41) is 0. The van der Waals surface area contributed by atoms with Crippen LogP contribution in [0.5, 0.6) is 0 Å². The molecule has 64 valence electrons. The summed E-state index contributed by atoms with van der Waals surface area (Å²) in [4.78, 5) is 14.1. The molecule has 1 aromatic rings. The van der Waals surface area contributed by atoms with Crippen molar-refractivity contribution in [2.45, 2.75) is 6.42 Å². The van der Waals surface area contributed by atoms with Crippen LogP contribution in [0.4, 0.5) is 4.39 Å². The molecule has 0 atom stereocenters. The lowest BCUT2D eigenvalue weighted by atomic mass is 10.2. The van der Waals surface area contributed by atoms with Crippen molar-refractivity contribution in [2.75, 3.05) is 7.11 Å². The van der Waals surface area contributed by atoms with Crippen LogP contribution < -0.4 is 0 Å². The summed E-state index contributed by atoms with van der Waals surface area (Å²) >= 11 is 0. The third kappa shape index (κ3) is 2.30. The molecule has 0 aliphatic heterocycles. The summed E-state index contributed by atoms with van der Waals surface area (Å²) < 4.78 is 16.9. The Kier molecular flexibility index (Phi) is 2.74. The predicted octanol–water partition coefficient (Wildman–Crippen LogP) is 0.936. The van der Waals surface area contributed by atoms with Crippen LogP contribution >= 0.6 is 0 Å². The fraction of sp³-hybridized carbons (Fsp3) is 0.250. The summed E-state index contributed by atoms with van der Waals surface area (Å²) in [5.74, 6) is -0.975. The van der Waals surface area contributed by atoms with Crippen molar-refractivity contribution in [1.29, 1.82) is 0 Å². The van der Waals surface area contributed by atoms with Crippen molar-refractivity contribution in [3.8, 4) is 0 Å². The molecule has 0 fully saturated rings. The Morgan fingerprint density at radius 1 is 1.75 bits per heavy atom. The summed E-state index contributed by atoms with van der Waals surface area (Å²) in [6.07, 6.45) is 1.39. The SMILES string of the molecule is COC(=O)Cc1ccnc(F)c1. The summed E-state index contributed by atoms with van der Waals surface area (Å²) in [5.41, 5.74) is 0.564. The Labute approximate surface area is 69.2 Å². The van der Waals surface area contributed by atoms with Crippen LogP contribution in [0.2, 0.25) is 0 Å². The monoisotopic (exact) mass is 169 g/mol. The molecule has 3 nitrogen and oxygen atoms in total. The third-order valence-corrected chi connectivity index (χ3v) is 1.37. The van der Waals surface area contributed by atoms with Gasteiger partial charge in [-0.1, -0.05) is 0 Å². The van der Waals surface area contributed by atoms with Gasteiger partial charge in [0, 0.05) is 6.20 Å². The predicted molar refractivity (Wildman–Crippen MR) is 39.9 cm³/mol. The normalized spacial score (nSPS) is 9.50. The van der Waals surface area contributed by atoms with E-state index < -0.39 is 5.95 Å². The Hall–Kier alpha value is -1.45. The van der Waals surface area contributed by atoms with E-state index in [9.17, 15) is 9.18 Å². The molecule has 0 amide bonds. The molecule has 0 unspecified atom stereocenters. The van der Waals surface area contributed by atoms with Crippen molar-refractivity contribution in [1.82, 2.24) is 4.98 Å². The lowest BCUT2D eigenvalue weighted by molar-refractivity contribution is -0.139. The topological polar surface area (TPSA) is 39.2 Å². The van der Waals surface area contributed by atoms with Gasteiger partial charge in [-0.2, -0.15) is 4.39 Å². The van der Waals surface area contributed by atoms with Crippen LogP contribution in [0, 0.1) is 5.95 Å². The first-order chi connectivity index (χ1) is 5.72. The van der Waals surface area contributed by atoms with Crippen LogP contribution in [0.25, 0.3) is 0 Å². The molecule has 0 aliphatic rings. The molecule has 0 saturated heterocycles. The number of esters is 1. The molecule has 0 aromatic carbocycles. The number of hydrogen-bond acceptors (Lipinski definition) is 3. The van der Waals surface area contributed by atoms with E-state index >= 15 is 0 Å². The van der Waals surface area contributed by atoms with Gasteiger partial charge in [0.2, 0.25) is 5.95 Å². The number of pyridine rings is 1. The molecule has 1 aromatic heterocycles. The number of hydrogen-bond donors (Lipinski definition) is 0. The van der Waals surface area contributed by atoms with Crippen molar-refractivity contribution < 1.29 is 13.9 Å². The molecular weight excluding hydrogens is 161 g/mol. The highest BCUT2D eigenvalue weighted by Crippen LogP contribution is 2.01. The highest BCUT2D eigenvalue weighted by Gasteiger charge is 2.02. The van der Waals surface area contributed by atoms with E-state index in [1.54, 1.807) is 6.07 Å². The molecule has 0 radical (unpaired) electrons. The smallest absolute Gasteiger partial charge is 0.309 e. The van der Waals surface area contributed by atoms with Gasteiger partial charge in [0.1, 0.15) is 0 Å². The first-order valence-electron chi connectivity index (χ1n) is 3.39. The van der Waals surface area contributed by atoms with E-state index in [-0.39, 0.29) is 12.4 Å². The lowest BCUT2D eigenvalue weighted by Gasteiger charge is -1.98.